The average molecular weight is 282 g/mol. The fourth-order valence-corrected chi connectivity index (χ4v) is 2.85. The van der Waals surface area contributed by atoms with E-state index in [1.807, 2.05) is 0 Å². The van der Waals surface area contributed by atoms with Crippen molar-refractivity contribution in [2.75, 3.05) is 5.73 Å². The molecule has 20 heavy (non-hydrogen) atoms. The van der Waals surface area contributed by atoms with Crippen molar-refractivity contribution in [3.63, 3.8) is 0 Å². The fourth-order valence-electron chi connectivity index (χ4n) is 2.85. The van der Waals surface area contributed by atoms with Gasteiger partial charge in [0.25, 0.3) is 5.91 Å². The molecule has 1 aromatic carbocycles. The van der Waals surface area contributed by atoms with Gasteiger partial charge in [0.15, 0.2) is 0 Å². The van der Waals surface area contributed by atoms with Crippen LogP contribution in [0.3, 0.4) is 0 Å². The van der Waals surface area contributed by atoms with E-state index >= 15 is 0 Å². The molecule has 0 heterocycles. The molecule has 1 fully saturated rings. The van der Waals surface area contributed by atoms with Crippen molar-refractivity contribution in [3.8, 4) is 0 Å². The highest BCUT2D eigenvalue weighted by molar-refractivity contribution is 5.94. The predicted molar refractivity (Wildman–Crippen MR) is 74.3 cm³/mol. The Hall–Kier alpha value is -1.65. The first kappa shape index (κ1) is 14.8. The molecule has 0 saturated heterocycles. The van der Waals surface area contributed by atoms with E-state index in [-0.39, 0.29) is 11.6 Å². The largest absolute Gasteiger partial charge is 0.394 e. The van der Waals surface area contributed by atoms with Gasteiger partial charge in [0.05, 0.1) is 0 Å². The minimum atomic E-state index is -0.897. The van der Waals surface area contributed by atoms with Gasteiger partial charge >= 0.3 is 0 Å². The number of carbonyl (C=O) groups is 1. The highest BCUT2D eigenvalue weighted by Gasteiger charge is 2.25. The molecule has 1 amide bonds. The average Bonchev–Trinajstić information content (AvgIpc) is 2.44. The Morgan fingerprint density at radius 3 is 2.50 bits per heavy atom. The van der Waals surface area contributed by atoms with Gasteiger partial charge < -0.3 is 11.1 Å². The number of rotatable bonds is 3. The number of nitrogens with one attached hydrogen (secondary N) is 1. The molecular formula is C15H20F2N2O. The van der Waals surface area contributed by atoms with Crippen molar-refractivity contribution in [2.24, 2.45) is 5.92 Å². The minimum Gasteiger partial charge on any atom is -0.394 e. The highest BCUT2D eigenvalue weighted by Crippen LogP contribution is 2.27. The Kier molecular flexibility index (Phi) is 4.57. The first-order chi connectivity index (χ1) is 9.52. The molecule has 1 aliphatic carbocycles. The van der Waals surface area contributed by atoms with E-state index in [1.165, 1.54) is 6.42 Å². The van der Waals surface area contributed by atoms with Gasteiger partial charge in [0.2, 0.25) is 0 Å². The molecule has 2 atom stereocenters. The quantitative estimate of drug-likeness (QED) is 0.836. The second-order valence-corrected chi connectivity index (χ2v) is 5.39. The Balaban J connectivity index is 2.11. The van der Waals surface area contributed by atoms with Crippen LogP contribution in [-0.2, 0) is 0 Å². The molecule has 2 rings (SSSR count). The molecule has 0 aliphatic heterocycles. The van der Waals surface area contributed by atoms with Crippen LogP contribution in [0.2, 0.25) is 0 Å². The van der Waals surface area contributed by atoms with Crippen molar-refractivity contribution in [1.82, 2.24) is 5.32 Å². The SMILES string of the molecule is CCC1CCCCC1NC(=O)c1cc(F)c(N)c(F)c1. The van der Waals surface area contributed by atoms with Gasteiger partial charge in [-0.3, -0.25) is 4.79 Å². The van der Waals surface area contributed by atoms with Crippen LogP contribution in [0.4, 0.5) is 14.5 Å². The summed E-state index contributed by atoms with van der Waals surface area (Å²) in [6.45, 7) is 2.09. The number of hydrogen-bond donors (Lipinski definition) is 2. The van der Waals surface area contributed by atoms with Crippen LogP contribution in [0.15, 0.2) is 12.1 Å². The molecule has 3 nitrogen and oxygen atoms in total. The normalized spacial score (nSPS) is 22.6. The summed E-state index contributed by atoms with van der Waals surface area (Å²) in [6.07, 6.45) is 5.26. The Morgan fingerprint density at radius 1 is 1.30 bits per heavy atom. The van der Waals surface area contributed by atoms with Crippen molar-refractivity contribution >= 4 is 11.6 Å². The molecular weight excluding hydrogens is 262 g/mol. The van der Waals surface area contributed by atoms with Crippen LogP contribution in [0.1, 0.15) is 49.4 Å². The molecule has 5 heteroatoms. The number of hydrogen-bond acceptors (Lipinski definition) is 2. The lowest BCUT2D eigenvalue weighted by Gasteiger charge is -2.31. The van der Waals surface area contributed by atoms with Crippen LogP contribution in [0, 0.1) is 17.6 Å². The smallest absolute Gasteiger partial charge is 0.251 e. The maximum absolute atomic E-state index is 13.4. The van der Waals surface area contributed by atoms with Crippen LogP contribution in [-0.4, -0.2) is 11.9 Å². The first-order valence-corrected chi connectivity index (χ1v) is 7.08. The Morgan fingerprint density at radius 2 is 1.90 bits per heavy atom. The summed E-state index contributed by atoms with van der Waals surface area (Å²) in [5, 5.41) is 2.90. The number of anilines is 1. The summed E-state index contributed by atoms with van der Waals surface area (Å²) in [5.41, 5.74) is 4.63. The van der Waals surface area contributed by atoms with E-state index < -0.39 is 23.2 Å². The van der Waals surface area contributed by atoms with Gasteiger partial charge in [-0.1, -0.05) is 26.2 Å². The number of nitrogens with two attached hydrogens (primary N) is 1. The summed E-state index contributed by atoms with van der Waals surface area (Å²) < 4.78 is 26.8. The van der Waals surface area contributed by atoms with Gasteiger partial charge in [-0.2, -0.15) is 0 Å². The van der Waals surface area contributed by atoms with E-state index in [4.69, 9.17) is 5.73 Å². The summed E-state index contributed by atoms with van der Waals surface area (Å²) in [5.74, 6) is -1.79. The molecule has 1 aliphatic rings. The lowest BCUT2D eigenvalue weighted by Crippen LogP contribution is -2.42. The van der Waals surface area contributed by atoms with E-state index in [0.717, 1.165) is 37.8 Å². The lowest BCUT2D eigenvalue weighted by atomic mass is 9.83. The summed E-state index contributed by atoms with van der Waals surface area (Å²) in [6, 6.07) is 2.06. The number of nitrogen functional groups attached to an aromatic ring is 1. The fraction of sp³-hybridized carbons (Fsp3) is 0.533. The van der Waals surface area contributed by atoms with E-state index in [1.54, 1.807) is 0 Å². The number of benzene rings is 1. The third-order valence-corrected chi connectivity index (χ3v) is 4.09. The molecule has 1 aromatic rings. The molecule has 2 unspecified atom stereocenters. The maximum atomic E-state index is 13.4. The van der Waals surface area contributed by atoms with Crippen LogP contribution < -0.4 is 11.1 Å². The second-order valence-electron chi connectivity index (χ2n) is 5.39. The van der Waals surface area contributed by atoms with Crippen molar-refractivity contribution < 1.29 is 13.6 Å². The predicted octanol–water partition coefficient (Wildman–Crippen LogP) is 3.25. The summed E-state index contributed by atoms with van der Waals surface area (Å²) in [7, 11) is 0. The van der Waals surface area contributed by atoms with Gasteiger partial charge in [0, 0.05) is 11.6 Å². The standard InChI is InChI=1S/C15H20F2N2O/c1-2-9-5-3-4-6-13(9)19-15(20)10-7-11(16)14(18)12(17)8-10/h7-9,13H,2-6,18H2,1H3,(H,19,20). The molecule has 110 valence electrons. The highest BCUT2D eigenvalue weighted by atomic mass is 19.1. The molecule has 1 saturated carbocycles. The van der Waals surface area contributed by atoms with Crippen molar-refractivity contribution in [2.45, 2.75) is 45.1 Å². The second kappa shape index (κ2) is 6.20. The maximum Gasteiger partial charge on any atom is 0.251 e. The number of halogens is 2. The van der Waals surface area contributed by atoms with E-state index in [0.29, 0.717) is 5.92 Å². The number of amides is 1. The monoisotopic (exact) mass is 282 g/mol. The van der Waals surface area contributed by atoms with Gasteiger partial charge in [0.1, 0.15) is 17.3 Å². The summed E-state index contributed by atoms with van der Waals surface area (Å²) in [4.78, 5) is 12.1. The number of carbonyl (C=O) groups excluding carboxylic acids is 1. The van der Waals surface area contributed by atoms with Crippen molar-refractivity contribution in [3.05, 3.63) is 29.3 Å². The zero-order chi connectivity index (χ0) is 14.7. The summed E-state index contributed by atoms with van der Waals surface area (Å²) >= 11 is 0. The first-order valence-electron chi connectivity index (χ1n) is 7.08. The molecule has 0 aromatic heterocycles. The van der Waals surface area contributed by atoms with Crippen LogP contribution in [0.25, 0.3) is 0 Å². The van der Waals surface area contributed by atoms with Crippen molar-refractivity contribution in [1.29, 1.82) is 0 Å². The van der Waals surface area contributed by atoms with E-state index in [2.05, 4.69) is 12.2 Å². The zero-order valence-corrected chi connectivity index (χ0v) is 11.6. The van der Waals surface area contributed by atoms with Gasteiger partial charge in [-0.15, -0.1) is 0 Å². The molecule has 0 bridgehead atoms. The molecule has 0 spiro atoms. The third kappa shape index (κ3) is 3.08. The van der Waals surface area contributed by atoms with Gasteiger partial charge in [-0.05, 0) is 30.9 Å². The van der Waals surface area contributed by atoms with E-state index in [9.17, 15) is 13.6 Å². The third-order valence-electron chi connectivity index (χ3n) is 4.09. The van der Waals surface area contributed by atoms with Gasteiger partial charge in [-0.25, -0.2) is 8.78 Å². The lowest BCUT2D eigenvalue weighted by molar-refractivity contribution is 0.0904. The van der Waals surface area contributed by atoms with Crippen LogP contribution in [0.5, 0.6) is 0 Å². The minimum absolute atomic E-state index is 0.0189. The Bertz CT molecular complexity index is 482. The topological polar surface area (TPSA) is 55.1 Å². The molecule has 0 radical (unpaired) electrons. The Labute approximate surface area is 117 Å². The zero-order valence-electron chi connectivity index (χ0n) is 11.6. The van der Waals surface area contributed by atoms with Crippen LogP contribution >= 0.6 is 0 Å². The molecule has 3 N–H and O–H groups in total.